The van der Waals surface area contributed by atoms with Gasteiger partial charge in [0.15, 0.2) is 0 Å². The van der Waals surface area contributed by atoms with Gasteiger partial charge in [-0.15, -0.1) is 0 Å². The Balaban J connectivity index is 2.15. The molecule has 2 rings (SSSR count). The first kappa shape index (κ1) is 15.4. The molecule has 0 saturated heterocycles. The van der Waals surface area contributed by atoms with Crippen LogP contribution >= 0.6 is 15.9 Å². The van der Waals surface area contributed by atoms with Crippen LogP contribution < -0.4 is 9.47 Å². The Bertz CT molecular complexity index is 656. The van der Waals surface area contributed by atoms with E-state index in [2.05, 4.69) is 20.9 Å². The van der Waals surface area contributed by atoms with Crippen molar-refractivity contribution >= 4 is 22.1 Å². The number of nitrogens with zero attached hydrogens (tertiary/aromatic N) is 1. The van der Waals surface area contributed by atoms with Gasteiger partial charge in [0.1, 0.15) is 17.2 Å². The molecule has 2 aromatic rings. The van der Waals surface area contributed by atoms with Gasteiger partial charge in [-0.2, -0.15) is 0 Å². The average molecular weight is 350 g/mol. The van der Waals surface area contributed by atoms with E-state index in [1.54, 1.807) is 32.6 Å². The molecular weight excluding hydrogens is 334 g/mol. The summed E-state index contributed by atoms with van der Waals surface area (Å²) < 4.78 is 11.4. The Kier molecular flexibility index (Phi) is 5.22. The Hall–Kier alpha value is -2.01. The quantitative estimate of drug-likeness (QED) is 0.835. The van der Waals surface area contributed by atoms with E-state index in [-0.39, 0.29) is 5.75 Å². The third-order valence-electron chi connectivity index (χ3n) is 2.98. The molecule has 1 N–H and O–H groups in total. The number of methoxy groups -OCH3 is 2. The first-order valence-electron chi connectivity index (χ1n) is 6.33. The fourth-order valence-corrected chi connectivity index (χ4v) is 2.23. The Morgan fingerprint density at radius 3 is 2.67 bits per heavy atom. The van der Waals surface area contributed by atoms with Crippen LogP contribution in [0.1, 0.15) is 11.1 Å². The number of ether oxygens (including phenoxy) is 2. The van der Waals surface area contributed by atoms with Gasteiger partial charge in [0.2, 0.25) is 0 Å². The van der Waals surface area contributed by atoms with Crippen molar-refractivity contribution in [2.45, 2.75) is 6.54 Å². The topological polar surface area (TPSA) is 51.0 Å². The van der Waals surface area contributed by atoms with Gasteiger partial charge in [0.25, 0.3) is 0 Å². The van der Waals surface area contributed by atoms with Crippen molar-refractivity contribution in [2.75, 3.05) is 14.2 Å². The highest BCUT2D eigenvalue weighted by molar-refractivity contribution is 9.10. The van der Waals surface area contributed by atoms with E-state index in [0.29, 0.717) is 12.1 Å². The minimum Gasteiger partial charge on any atom is -0.507 e. The molecule has 2 aromatic carbocycles. The van der Waals surface area contributed by atoms with E-state index in [4.69, 9.17) is 9.47 Å². The maximum Gasteiger partial charge on any atom is 0.127 e. The molecule has 0 atom stereocenters. The third kappa shape index (κ3) is 3.98. The molecule has 0 bridgehead atoms. The first-order valence-corrected chi connectivity index (χ1v) is 7.12. The summed E-state index contributed by atoms with van der Waals surface area (Å²) in [5.74, 6) is 1.66. The zero-order valence-corrected chi connectivity index (χ0v) is 13.4. The molecule has 0 heterocycles. The average Bonchev–Trinajstić information content (AvgIpc) is 2.50. The fraction of sp³-hybridized carbons (Fsp3) is 0.188. The summed E-state index contributed by atoms with van der Waals surface area (Å²) in [6.45, 7) is 0.457. The second-order valence-corrected chi connectivity index (χ2v) is 5.27. The van der Waals surface area contributed by atoms with Gasteiger partial charge in [-0.1, -0.05) is 15.9 Å². The van der Waals surface area contributed by atoms with Gasteiger partial charge >= 0.3 is 0 Å². The van der Waals surface area contributed by atoms with Crippen LogP contribution in [-0.4, -0.2) is 25.5 Å². The maximum atomic E-state index is 9.75. The van der Waals surface area contributed by atoms with Crippen LogP contribution in [0.2, 0.25) is 0 Å². The number of benzene rings is 2. The number of hydrogen-bond acceptors (Lipinski definition) is 4. The predicted octanol–water partition coefficient (Wildman–Crippen LogP) is 3.79. The minimum absolute atomic E-state index is 0.198. The molecule has 0 aliphatic rings. The van der Waals surface area contributed by atoms with Crippen molar-refractivity contribution in [2.24, 2.45) is 4.99 Å². The van der Waals surface area contributed by atoms with E-state index in [0.717, 1.165) is 21.5 Å². The van der Waals surface area contributed by atoms with Crippen LogP contribution in [-0.2, 0) is 6.54 Å². The van der Waals surface area contributed by atoms with Gasteiger partial charge in [-0.3, -0.25) is 4.99 Å². The van der Waals surface area contributed by atoms with Crippen molar-refractivity contribution in [1.29, 1.82) is 0 Å². The zero-order valence-electron chi connectivity index (χ0n) is 11.8. The second-order valence-electron chi connectivity index (χ2n) is 4.35. The molecule has 21 heavy (non-hydrogen) atoms. The molecular formula is C16H16BrNO3. The molecule has 5 heteroatoms. The lowest BCUT2D eigenvalue weighted by Crippen LogP contribution is -1.93. The van der Waals surface area contributed by atoms with Crippen LogP contribution in [0.3, 0.4) is 0 Å². The lowest BCUT2D eigenvalue weighted by atomic mass is 10.2. The largest absolute Gasteiger partial charge is 0.507 e. The summed E-state index contributed by atoms with van der Waals surface area (Å²) in [5, 5.41) is 9.75. The maximum absolute atomic E-state index is 9.75. The fourth-order valence-electron chi connectivity index (χ4n) is 1.85. The van der Waals surface area contributed by atoms with Gasteiger partial charge in [0, 0.05) is 27.9 Å². The van der Waals surface area contributed by atoms with Crippen molar-refractivity contribution in [3.05, 3.63) is 52.0 Å². The Labute approximate surface area is 132 Å². The molecule has 4 nitrogen and oxygen atoms in total. The van der Waals surface area contributed by atoms with Gasteiger partial charge in [-0.25, -0.2) is 0 Å². The number of halogens is 1. The standard InChI is InChI=1S/C16H16BrNO3/c1-20-14-5-3-11(16(8-14)21-2)9-18-10-12-7-13(17)4-6-15(12)19/h3-8,10,19H,9H2,1-2H3. The molecule has 0 fully saturated rings. The molecule has 0 spiro atoms. The summed E-state index contributed by atoms with van der Waals surface area (Å²) in [6, 6.07) is 10.8. The number of phenolic OH excluding ortho intramolecular Hbond substituents is 1. The molecule has 110 valence electrons. The van der Waals surface area contributed by atoms with Crippen LogP contribution in [0.5, 0.6) is 17.2 Å². The van der Waals surface area contributed by atoms with Crippen molar-refractivity contribution in [3.8, 4) is 17.2 Å². The minimum atomic E-state index is 0.198. The van der Waals surface area contributed by atoms with Crippen molar-refractivity contribution in [3.63, 3.8) is 0 Å². The van der Waals surface area contributed by atoms with E-state index >= 15 is 0 Å². The van der Waals surface area contributed by atoms with Crippen LogP contribution in [0.4, 0.5) is 0 Å². The van der Waals surface area contributed by atoms with Crippen molar-refractivity contribution in [1.82, 2.24) is 0 Å². The van der Waals surface area contributed by atoms with E-state index in [9.17, 15) is 5.11 Å². The summed E-state index contributed by atoms with van der Waals surface area (Å²) in [5.41, 5.74) is 1.61. The van der Waals surface area contributed by atoms with Crippen LogP contribution in [0, 0.1) is 0 Å². The predicted molar refractivity (Wildman–Crippen MR) is 86.7 cm³/mol. The second kappa shape index (κ2) is 7.13. The normalized spacial score (nSPS) is 10.8. The van der Waals surface area contributed by atoms with Crippen molar-refractivity contribution < 1.29 is 14.6 Å². The van der Waals surface area contributed by atoms with E-state index in [1.807, 2.05) is 24.3 Å². The summed E-state index contributed by atoms with van der Waals surface area (Å²) in [7, 11) is 3.23. The monoisotopic (exact) mass is 349 g/mol. The lowest BCUT2D eigenvalue weighted by molar-refractivity contribution is 0.391. The van der Waals surface area contributed by atoms with Gasteiger partial charge < -0.3 is 14.6 Å². The zero-order chi connectivity index (χ0) is 15.2. The Morgan fingerprint density at radius 1 is 1.14 bits per heavy atom. The molecule has 0 saturated carbocycles. The summed E-state index contributed by atoms with van der Waals surface area (Å²) >= 11 is 3.37. The Morgan fingerprint density at radius 2 is 1.95 bits per heavy atom. The van der Waals surface area contributed by atoms with E-state index < -0.39 is 0 Å². The lowest BCUT2D eigenvalue weighted by Gasteiger charge is -2.08. The highest BCUT2D eigenvalue weighted by Gasteiger charge is 2.04. The van der Waals surface area contributed by atoms with Crippen LogP contribution in [0.15, 0.2) is 45.9 Å². The molecule has 0 amide bonds. The van der Waals surface area contributed by atoms with E-state index in [1.165, 1.54) is 0 Å². The number of phenols is 1. The number of aliphatic imine (C=N–C) groups is 1. The van der Waals surface area contributed by atoms with Gasteiger partial charge in [0.05, 0.1) is 20.8 Å². The number of rotatable bonds is 5. The van der Waals surface area contributed by atoms with Gasteiger partial charge in [-0.05, 0) is 30.3 Å². The smallest absolute Gasteiger partial charge is 0.127 e. The summed E-state index contributed by atoms with van der Waals surface area (Å²) in [6.07, 6.45) is 1.64. The summed E-state index contributed by atoms with van der Waals surface area (Å²) in [4.78, 5) is 4.35. The molecule has 0 aliphatic carbocycles. The molecule has 0 radical (unpaired) electrons. The molecule has 0 aliphatic heterocycles. The highest BCUT2D eigenvalue weighted by atomic mass is 79.9. The van der Waals surface area contributed by atoms with Crippen LogP contribution in [0.25, 0.3) is 0 Å². The number of aromatic hydroxyl groups is 1. The highest BCUT2D eigenvalue weighted by Crippen LogP contribution is 2.25. The molecule has 0 aromatic heterocycles. The molecule has 0 unspecified atom stereocenters. The third-order valence-corrected chi connectivity index (χ3v) is 3.47. The first-order chi connectivity index (χ1) is 10.1. The number of hydrogen-bond donors (Lipinski definition) is 1. The SMILES string of the molecule is COc1ccc(CN=Cc2cc(Br)ccc2O)c(OC)c1.